The average molecular weight is 218 g/mol. The van der Waals surface area contributed by atoms with E-state index in [2.05, 4.69) is 23.9 Å². The number of hydrogen-bond donors (Lipinski definition) is 1. The van der Waals surface area contributed by atoms with Crippen molar-refractivity contribution in [2.45, 2.75) is 25.7 Å². The molecule has 0 aliphatic heterocycles. The zero-order chi connectivity index (χ0) is 10.6. The van der Waals surface area contributed by atoms with E-state index >= 15 is 0 Å². The Morgan fingerprint density at radius 3 is 2.57 bits per heavy atom. The van der Waals surface area contributed by atoms with Crippen LogP contribution in [0.3, 0.4) is 0 Å². The van der Waals surface area contributed by atoms with E-state index in [1.54, 1.807) is 0 Å². The highest BCUT2D eigenvalue weighted by molar-refractivity contribution is 7.80. The molecule has 14 heavy (non-hydrogen) atoms. The predicted octanol–water partition coefficient (Wildman–Crippen LogP) is 2.82. The van der Waals surface area contributed by atoms with Crippen LogP contribution in [0.1, 0.15) is 25.7 Å². The van der Waals surface area contributed by atoms with Crippen molar-refractivity contribution < 1.29 is 14.3 Å². The number of carbonyl (C=O) groups excluding carboxylic acids is 1. The first-order valence-corrected chi connectivity index (χ1v) is 5.45. The van der Waals surface area contributed by atoms with Gasteiger partial charge in [0.2, 0.25) is 0 Å². The van der Waals surface area contributed by atoms with Crippen LogP contribution in [0.25, 0.3) is 0 Å². The van der Waals surface area contributed by atoms with Gasteiger partial charge in [-0.2, -0.15) is 12.6 Å². The molecule has 0 aromatic heterocycles. The molecule has 0 amide bonds. The van der Waals surface area contributed by atoms with Crippen molar-refractivity contribution in [3.05, 3.63) is 12.7 Å². The lowest BCUT2D eigenvalue weighted by Gasteiger charge is -2.03. The molecule has 0 aromatic carbocycles. The first kappa shape index (κ1) is 13.4. The zero-order valence-electron chi connectivity index (χ0n) is 8.41. The molecule has 0 spiro atoms. The molecule has 82 valence electrons. The van der Waals surface area contributed by atoms with Crippen molar-refractivity contribution >= 4 is 18.8 Å². The molecule has 3 nitrogen and oxygen atoms in total. The lowest BCUT2D eigenvalue weighted by molar-refractivity contribution is 0.0620. The van der Waals surface area contributed by atoms with Crippen LogP contribution in [0.15, 0.2) is 12.7 Å². The maximum Gasteiger partial charge on any atom is 0.508 e. The van der Waals surface area contributed by atoms with Gasteiger partial charge in [-0.05, 0) is 18.6 Å². The third-order valence-electron chi connectivity index (χ3n) is 1.59. The molecule has 0 heterocycles. The highest BCUT2D eigenvalue weighted by Crippen LogP contribution is 2.01. The third-order valence-corrected chi connectivity index (χ3v) is 1.91. The molecular formula is C10H18O3S. The van der Waals surface area contributed by atoms with E-state index < -0.39 is 6.16 Å². The second-order valence-electron chi connectivity index (χ2n) is 2.84. The van der Waals surface area contributed by atoms with Gasteiger partial charge in [-0.25, -0.2) is 4.79 Å². The Balaban J connectivity index is 3.10. The van der Waals surface area contributed by atoms with Gasteiger partial charge in [0.15, 0.2) is 0 Å². The Kier molecular flexibility index (Phi) is 9.96. The summed E-state index contributed by atoms with van der Waals surface area (Å²) in [5.74, 6) is 0.919. The number of unbranched alkanes of at least 4 members (excludes halogenated alkanes) is 3. The quantitative estimate of drug-likeness (QED) is 0.294. The maximum atomic E-state index is 10.8. The Morgan fingerprint density at radius 1 is 1.21 bits per heavy atom. The summed E-state index contributed by atoms with van der Waals surface area (Å²) >= 11 is 4.10. The number of ether oxygens (including phenoxy) is 2. The zero-order valence-corrected chi connectivity index (χ0v) is 9.30. The van der Waals surface area contributed by atoms with Crippen LogP contribution in [0.5, 0.6) is 0 Å². The molecular weight excluding hydrogens is 200 g/mol. The normalized spacial score (nSPS) is 9.50. The van der Waals surface area contributed by atoms with Gasteiger partial charge in [0.25, 0.3) is 0 Å². The van der Waals surface area contributed by atoms with Crippen molar-refractivity contribution in [2.24, 2.45) is 0 Å². The topological polar surface area (TPSA) is 35.5 Å². The van der Waals surface area contributed by atoms with Crippen LogP contribution in [-0.4, -0.2) is 25.1 Å². The van der Waals surface area contributed by atoms with Gasteiger partial charge in [0.1, 0.15) is 6.61 Å². The molecule has 4 heteroatoms. The highest BCUT2D eigenvalue weighted by Gasteiger charge is 2.00. The molecule has 0 aliphatic rings. The van der Waals surface area contributed by atoms with E-state index in [1.807, 2.05) is 0 Å². The SMILES string of the molecule is C=CCOC(=O)OCCCCCCS. The minimum atomic E-state index is -0.612. The minimum absolute atomic E-state index is 0.207. The monoisotopic (exact) mass is 218 g/mol. The van der Waals surface area contributed by atoms with Gasteiger partial charge in [0.05, 0.1) is 6.61 Å². The second kappa shape index (κ2) is 10.4. The van der Waals surface area contributed by atoms with E-state index in [0.29, 0.717) is 6.61 Å². The maximum absolute atomic E-state index is 10.8. The van der Waals surface area contributed by atoms with Gasteiger partial charge in [0, 0.05) is 0 Å². The first-order valence-electron chi connectivity index (χ1n) is 4.82. The van der Waals surface area contributed by atoms with Crippen LogP contribution < -0.4 is 0 Å². The molecule has 0 bridgehead atoms. The molecule has 0 radical (unpaired) electrons. The number of thiol groups is 1. The molecule has 0 aliphatic carbocycles. The number of hydrogen-bond acceptors (Lipinski definition) is 4. The van der Waals surface area contributed by atoms with Crippen molar-refractivity contribution in [3.63, 3.8) is 0 Å². The van der Waals surface area contributed by atoms with Gasteiger partial charge < -0.3 is 9.47 Å². The molecule has 0 N–H and O–H groups in total. The second-order valence-corrected chi connectivity index (χ2v) is 3.28. The largest absolute Gasteiger partial charge is 0.508 e. The third kappa shape index (κ3) is 9.45. The Bertz CT molecular complexity index is 159. The number of rotatable bonds is 8. The van der Waals surface area contributed by atoms with Crippen molar-refractivity contribution in [1.82, 2.24) is 0 Å². The van der Waals surface area contributed by atoms with Gasteiger partial charge in [-0.1, -0.05) is 25.5 Å². The Labute approximate surface area is 90.9 Å². The van der Waals surface area contributed by atoms with Crippen LogP contribution in [0.2, 0.25) is 0 Å². The summed E-state index contributed by atoms with van der Waals surface area (Å²) < 4.78 is 9.42. The van der Waals surface area contributed by atoms with Gasteiger partial charge >= 0.3 is 6.16 Å². The first-order chi connectivity index (χ1) is 6.81. The van der Waals surface area contributed by atoms with Crippen molar-refractivity contribution in [3.8, 4) is 0 Å². The van der Waals surface area contributed by atoms with Crippen molar-refractivity contribution in [1.29, 1.82) is 0 Å². The molecule has 0 aromatic rings. The van der Waals surface area contributed by atoms with E-state index in [0.717, 1.165) is 31.4 Å². The van der Waals surface area contributed by atoms with Crippen LogP contribution >= 0.6 is 12.6 Å². The summed E-state index contributed by atoms with van der Waals surface area (Å²) in [7, 11) is 0. The van der Waals surface area contributed by atoms with Crippen molar-refractivity contribution in [2.75, 3.05) is 19.0 Å². The summed E-state index contributed by atoms with van der Waals surface area (Å²) in [6.07, 6.45) is 5.10. The lowest BCUT2D eigenvalue weighted by Crippen LogP contribution is -2.08. The standard InChI is InChI=1S/C10H18O3S/c1-2-7-12-10(11)13-8-5-3-4-6-9-14/h2,14H,1,3-9H2. The van der Waals surface area contributed by atoms with Crippen LogP contribution in [0, 0.1) is 0 Å². The molecule has 0 rings (SSSR count). The summed E-state index contributed by atoms with van der Waals surface area (Å²) in [6, 6.07) is 0. The van der Waals surface area contributed by atoms with Crippen LogP contribution in [0.4, 0.5) is 4.79 Å². The molecule has 0 unspecified atom stereocenters. The fourth-order valence-corrected chi connectivity index (χ4v) is 1.12. The Morgan fingerprint density at radius 2 is 1.93 bits per heavy atom. The minimum Gasteiger partial charge on any atom is -0.434 e. The fourth-order valence-electron chi connectivity index (χ4n) is 0.892. The van der Waals surface area contributed by atoms with E-state index in [9.17, 15) is 4.79 Å². The number of carbonyl (C=O) groups is 1. The summed E-state index contributed by atoms with van der Waals surface area (Å²) in [4.78, 5) is 10.8. The summed E-state index contributed by atoms with van der Waals surface area (Å²) in [6.45, 7) is 4.06. The van der Waals surface area contributed by atoms with Gasteiger partial charge in [-0.15, -0.1) is 0 Å². The van der Waals surface area contributed by atoms with Gasteiger partial charge in [-0.3, -0.25) is 0 Å². The summed E-state index contributed by atoms with van der Waals surface area (Å²) in [5.41, 5.74) is 0. The predicted molar refractivity (Wildman–Crippen MR) is 59.8 cm³/mol. The fraction of sp³-hybridized carbons (Fsp3) is 0.700. The average Bonchev–Trinajstić information content (AvgIpc) is 2.20. The van der Waals surface area contributed by atoms with Crippen LogP contribution in [-0.2, 0) is 9.47 Å². The smallest absolute Gasteiger partial charge is 0.434 e. The highest BCUT2D eigenvalue weighted by atomic mass is 32.1. The van der Waals surface area contributed by atoms with E-state index in [-0.39, 0.29) is 6.61 Å². The lowest BCUT2D eigenvalue weighted by atomic mass is 10.2. The molecule has 0 saturated carbocycles. The van der Waals surface area contributed by atoms with E-state index in [1.165, 1.54) is 6.08 Å². The Hall–Kier alpha value is -0.640. The van der Waals surface area contributed by atoms with E-state index in [4.69, 9.17) is 4.74 Å². The molecule has 0 saturated heterocycles. The molecule has 0 fully saturated rings. The molecule has 0 atom stereocenters. The summed E-state index contributed by atoms with van der Waals surface area (Å²) in [5, 5.41) is 0.